The lowest BCUT2D eigenvalue weighted by Crippen LogP contribution is -2.41. The molecule has 0 fully saturated rings. The highest BCUT2D eigenvalue weighted by molar-refractivity contribution is 7.90. The maximum Gasteiger partial charge on any atom is 0.417 e. The lowest BCUT2D eigenvalue weighted by Gasteiger charge is -2.39. The standard InChI is InChI=1S/C35H38F3NO7S.C2H6/c1-3-28(26-13-9-12-25(20-26)23-47(43,44)30-16-15-27(22-39-30)35(36,37)38)32-29(40)21-34(46-33(32)42,18-8-7-14-31(41)45-2)19-17-24-10-5-4-6-11-24;1-2/h4-6,9-13,15-16,20,22,28,40H,3,7-8,14,17-19,21,23H2,1-2H3;1-2H3/t28-,34-;/m1./s1. The van der Waals surface area contributed by atoms with Gasteiger partial charge in [0.2, 0.25) is 0 Å². The highest BCUT2D eigenvalue weighted by Crippen LogP contribution is 2.42. The fraction of sp³-hybridized carbons (Fsp3) is 0.432. The van der Waals surface area contributed by atoms with Gasteiger partial charge in [-0.05, 0) is 67.3 Å². The largest absolute Gasteiger partial charge is 0.512 e. The van der Waals surface area contributed by atoms with Crippen LogP contribution in [-0.4, -0.2) is 43.2 Å². The highest BCUT2D eigenvalue weighted by Gasteiger charge is 2.43. The predicted molar refractivity (Wildman–Crippen MR) is 179 cm³/mol. The van der Waals surface area contributed by atoms with Crippen molar-refractivity contribution in [3.8, 4) is 0 Å². The number of carbonyl (C=O) groups is 2. The van der Waals surface area contributed by atoms with E-state index in [1.54, 1.807) is 24.3 Å². The van der Waals surface area contributed by atoms with Gasteiger partial charge in [-0.25, -0.2) is 18.2 Å². The summed E-state index contributed by atoms with van der Waals surface area (Å²) >= 11 is 0. The molecule has 0 amide bonds. The van der Waals surface area contributed by atoms with Crippen molar-refractivity contribution in [1.82, 2.24) is 4.98 Å². The average Bonchev–Trinajstić information content (AvgIpc) is 3.08. The SMILES string of the molecule is CC.CC[C@@H](C1=C(O)C[C@@](CCCCC(=O)OC)(CCc2ccccc2)OC1=O)c1cccc(CS(=O)(=O)c2ccc(C(F)(F)F)cn2)c1. The maximum atomic E-state index is 13.7. The summed E-state index contributed by atoms with van der Waals surface area (Å²) in [4.78, 5) is 28.9. The first kappa shape index (κ1) is 39.3. The summed E-state index contributed by atoms with van der Waals surface area (Å²) < 4.78 is 75.7. The Morgan fingerprint density at radius 3 is 2.31 bits per heavy atom. The number of aliphatic hydroxyl groups is 1. The average molecular weight is 704 g/mol. The number of aliphatic hydroxyl groups excluding tert-OH is 1. The van der Waals surface area contributed by atoms with E-state index in [2.05, 4.69) is 4.98 Å². The third-order valence-corrected chi connectivity index (χ3v) is 9.97. The molecule has 12 heteroatoms. The highest BCUT2D eigenvalue weighted by atomic mass is 32.2. The van der Waals surface area contributed by atoms with Crippen molar-refractivity contribution < 1.29 is 45.8 Å². The van der Waals surface area contributed by atoms with Crippen molar-refractivity contribution >= 4 is 21.8 Å². The van der Waals surface area contributed by atoms with Crippen molar-refractivity contribution in [3.63, 3.8) is 0 Å². The molecule has 49 heavy (non-hydrogen) atoms. The number of hydrogen-bond acceptors (Lipinski definition) is 8. The molecular formula is C37H44F3NO7S. The summed E-state index contributed by atoms with van der Waals surface area (Å²) in [5.74, 6) is -2.22. The van der Waals surface area contributed by atoms with Crippen LogP contribution in [0.4, 0.5) is 13.2 Å². The van der Waals surface area contributed by atoms with Crippen LogP contribution < -0.4 is 0 Å². The van der Waals surface area contributed by atoms with E-state index >= 15 is 0 Å². The minimum atomic E-state index is -4.65. The number of nitrogens with zero attached hydrogens (tertiary/aromatic N) is 1. The number of sulfone groups is 1. The molecule has 0 bridgehead atoms. The number of aromatic nitrogens is 1. The van der Waals surface area contributed by atoms with E-state index in [9.17, 15) is 36.3 Å². The van der Waals surface area contributed by atoms with Gasteiger partial charge in [-0.15, -0.1) is 0 Å². The lowest BCUT2D eigenvalue weighted by molar-refractivity contribution is -0.161. The lowest BCUT2D eigenvalue weighted by atomic mass is 9.79. The number of halogens is 3. The minimum Gasteiger partial charge on any atom is -0.512 e. The first-order valence-corrected chi connectivity index (χ1v) is 18.0. The fourth-order valence-corrected chi connectivity index (χ4v) is 7.17. The number of rotatable bonds is 14. The third-order valence-electron chi connectivity index (χ3n) is 8.38. The van der Waals surface area contributed by atoms with E-state index in [0.29, 0.717) is 61.9 Å². The van der Waals surface area contributed by atoms with Crippen LogP contribution >= 0.6 is 0 Å². The van der Waals surface area contributed by atoms with Gasteiger partial charge in [-0.2, -0.15) is 13.2 Å². The molecule has 4 rings (SSSR count). The van der Waals surface area contributed by atoms with Crippen LogP contribution in [0.2, 0.25) is 0 Å². The van der Waals surface area contributed by atoms with Gasteiger partial charge in [0.05, 0.1) is 24.0 Å². The molecule has 0 unspecified atom stereocenters. The molecule has 3 aromatic rings. The number of aryl methyl sites for hydroxylation is 1. The fourth-order valence-electron chi connectivity index (χ4n) is 5.92. The molecule has 266 valence electrons. The Labute approximate surface area is 286 Å². The molecule has 1 aromatic heterocycles. The van der Waals surface area contributed by atoms with E-state index in [-0.39, 0.29) is 30.1 Å². The van der Waals surface area contributed by atoms with E-state index < -0.39 is 49.8 Å². The number of methoxy groups -OCH3 is 1. The van der Waals surface area contributed by atoms with Crippen LogP contribution in [0.25, 0.3) is 0 Å². The minimum absolute atomic E-state index is 0.0866. The zero-order chi connectivity index (χ0) is 36.2. The molecular weight excluding hydrogens is 659 g/mol. The monoisotopic (exact) mass is 703 g/mol. The van der Waals surface area contributed by atoms with Crippen molar-refractivity contribution in [1.29, 1.82) is 0 Å². The van der Waals surface area contributed by atoms with Crippen molar-refractivity contribution in [2.45, 2.75) is 101 Å². The second-order valence-corrected chi connectivity index (χ2v) is 13.7. The van der Waals surface area contributed by atoms with Gasteiger partial charge in [0, 0.05) is 25.0 Å². The Bertz CT molecular complexity index is 1690. The molecule has 2 aromatic carbocycles. The van der Waals surface area contributed by atoms with Gasteiger partial charge in [0.15, 0.2) is 14.9 Å². The number of esters is 2. The molecule has 1 aliphatic rings. The Kier molecular flexibility index (Phi) is 14.0. The molecule has 8 nitrogen and oxygen atoms in total. The van der Waals surface area contributed by atoms with Crippen LogP contribution in [0.15, 0.2) is 89.3 Å². The van der Waals surface area contributed by atoms with Crippen molar-refractivity contribution in [3.05, 3.63) is 107 Å². The summed E-state index contributed by atoms with van der Waals surface area (Å²) in [6.07, 6.45) is -0.858. The number of benzene rings is 2. The van der Waals surface area contributed by atoms with Gasteiger partial charge < -0.3 is 14.6 Å². The normalized spacial score (nSPS) is 17.1. The van der Waals surface area contributed by atoms with Crippen LogP contribution in [-0.2, 0) is 47.3 Å². The number of unbranched alkanes of at least 4 members (excludes halogenated alkanes) is 1. The second-order valence-electron chi connectivity index (χ2n) is 11.7. The van der Waals surface area contributed by atoms with Gasteiger partial charge >= 0.3 is 18.1 Å². The summed E-state index contributed by atoms with van der Waals surface area (Å²) in [6.45, 7) is 5.83. The number of ether oxygens (including phenoxy) is 2. The molecule has 1 aliphatic heterocycles. The van der Waals surface area contributed by atoms with Crippen LogP contribution in [0.3, 0.4) is 0 Å². The summed E-state index contributed by atoms with van der Waals surface area (Å²) in [5.41, 5.74) is 0.0309. The Balaban J connectivity index is 0.00000319. The molecule has 1 N–H and O–H groups in total. The second kappa shape index (κ2) is 17.5. The van der Waals surface area contributed by atoms with E-state index in [1.807, 2.05) is 51.1 Å². The number of alkyl halides is 3. The molecule has 0 spiro atoms. The topological polar surface area (TPSA) is 120 Å². The number of carbonyl (C=O) groups excluding carboxylic acids is 2. The van der Waals surface area contributed by atoms with Gasteiger partial charge in [-0.1, -0.05) is 75.4 Å². The van der Waals surface area contributed by atoms with E-state index in [0.717, 1.165) is 11.6 Å². The quantitative estimate of drug-likeness (QED) is 0.131. The molecule has 0 saturated heterocycles. The third kappa shape index (κ3) is 10.6. The first-order valence-electron chi connectivity index (χ1n) is 16.4. The predicted octanol–water partition coefficient (Wildman–Crippen LogP) is 8.46. The first-order chi connectivity index (χ1) is 23.3. The molecule has 2 heterocycles. The summed E-state index contributed by atoms with van der Waals surface area (Å²) in [7, 11) is -2.77. The number of pyridine rings is 1. The van der Waals surface area contributed by atoms with Crippen molar-refractivity contribution in [2.75, 3.05) is 7.11 Å². The van der Waals surface area contributed by atoms with Gasteiger partial charge in [0.1, 0.15) is 11.4 Å². The van der Waals surface area contributed by atoms with Crippen LogP contribution in [0, 0.1) is 0 Å². The zero-order valence-electron chi connectivity index (χ0n) is 28.3. The molecule has 2 atom stereocenters. The molecule has 0 aliphatic carbocycles. The van der Waals surface area contributed by atoms with Gasteiger partial charge in [-0.3, -0.25) is 4.79 Å². The molecule has 0 saturated carbocycles. The molecule has 0 radical (unpaired) electrons. The maximum absolute atomic E-state index is 13.7. The van der Waals surface area contributed by atoms with E-state index in [4.69, 9.17) is 9.47 Å². The number of cyclic esters (lactones) is 1. The summed E-state index contributed by atoms with van der Waals surface area (Å²) in [6, 6.07) is 17.7. The smallest absolute Gasteiger partial charge is 0.417 e. The van der Waals surface area contributed by atoms with Crippen LogP contribution in [0.1, 0.15) is 93.9 Å². The summed E-state index contributed by atoms with van der Waals surface area (Å²) in [5, 5.41) is 10.9. The van der Waals surface area contributed by atoms with E-state index in [1.165, 1.54) is 7.11 Å². The Morgan fingerprint density at radius 2 is 1.71 bits per heavy atom. The Morgan fingerprint density at radius 1 is 1.02 bits per heavy atom. The number of hydrogen-bond donors (Lipinski definition) is 1. The van der Waals surface area contributed by atoms with Crippen LogP contribution in [0.5, 0.6) is 0 Å². The van der Waals surface area contributed by atoms with Crippen molar-refractivity contribution in [2.24, 2.45) is 0 Å². The van der Waals surface area contributed by atoms with Gasteiger partial charge in [0.25, 0.3) is 0 Å². The zero-order valence-corrected chi connectivity index (χ0v) is 29.1. The Hall–Kier alpha value is -4.19.